The smallest absolute Gasteiger partial charge is 0.317 e. The van der Waals surface area contributed by atoms with Gasteiger partial charge in [0.2, 0.25) is 0 Å². The molecule has 0 bridgehead atoms. The van der Waals surface area contributed by atoms with E-state index in [0.29, 0.717) is 24.2 Å². The third-order valence-electron chi connectivity index (χ3n) is 9.08. The van der Waals surface area contributed by atoms with E-state index in [1.54, 1.807) is 12.1 Å². The van der Waals surface area contributed by atoms with E-state index < -0.39 is 5.41 Å². The molecule has 2 saturated carbocycles. The van der Waals surface area contributed by atoms with Crippen molar-refractivity contribution in [1.29, 1.82) is 0 Å². The van der Waals surface area contributed by atoms with Crippen LogP contribution in [0, 0.1) is 17.7 Å². The molecule has 2 unspecified atom stereocenters. The summed E-state index contributed by atoms with van der Waals surface area (Å²) in [6.07, 6.45) is 9.50. The number of carbonyl (C=O) groups excluding carboxylic acids is 1. The van der Waals surface area contributed by atoms with Gasteiger partial charge in [-0.3, -0.25) is 9.69 Å². The van der Waals surface area contributed by atoms with Crippen molar-refractivity contribution in [2.45, 2.75) is 75.7 Å². The molecule has 5 heteroatoms. The van der Waals surface area contributed by atoms with Crippen molar-refractivity contribution in [3.05, 3.63) is 66.0 Å². The lowest BCUT2D eigenvalue weighted by atomic mass is 9.59. The van der Waals surface area contributed by atoms with Gasteiger partial charge in [-0.25, -0.2) is 4.39 Å². The summed E-state index contributed by atoms with van der Waals surface area (Å²) in [7, 11) is 0. The summed E-state index contributed by atoms with van der Waals surface area (Å²) in [4.78, 5) is 16.4. The zero-order valence-corrected chi connectivity index (χ0v) is 21.6. The van der Waals surface area contributed by atoms with E-state index in [0.717, 1.165) is 70.1 Å². The number of carbonyl (C=O) groups is 1. The number of esters is 1. The van der Waals surface area contributed by atoms with Crippen LogP contribution in [-0.2, 0) is 14.9 Å². The molecule has 1 saturated heterocycles. The lowest BCUT2D eigenvalue weighted by molar-refractivity contribution is -0.198. The Bertz CT molecular complexity index is 1000. The lowest BCUT2D eigenvalue weighted by Crippen LogP contribution is -2.56. The van der Waals surface area contributed by atoms with Crippen molar-refractivity contribution in [2.75, 3.05) is 26.2 Å². The Labute approximate surface area is 215 Å². The second-order valence-electron chi connectivity index (χ2n) is 11.4. The van der Waals surface area contributed by atoms with Crippen LogP contribution in [0.5, 0.6) is 5.75 Å². The highest BCUT2D eigenvalue weighted by molar-refractivity contribution is 5.83. The van der Waals surface area contributed by atoms with Gasteiger partial charge in [0, 0.05) is 12.5 Å². The van der Waals surface area contributed by atoms with Gasteiger partial charge in [0.1, 0.15) is 23.8 Å². The third-order valence-corrected chi connectivity index (χ3v) is 9.08. The normalized spacial score (nSPS) is 28.2. The predicted octanol–water partition coefficient (Wildman–Crippen LogP) is 6.53. The molecule has 1 heterocycles. The molecule has 0 radical (unpaired) electrons. The van der Waals surface area contributed by atoms with Crippen LogP contribution in [0.15, 0.2) is 54.6 Å². The van der Waals surface area contributed by atoms with Crippen molar-refractivity contribution in [1.82, 2.24) is 4.90 Å². The van der Waals surface area contributed by atoms with Crippen LogP contribution in [0.2, 0.25) is 0 Å². The van der Waals surface area contributed by atoms with Gasteiger partial charge in [0.25, 0.3) is 0 Å². The first-order chi connectivity index (χ1) is 17.5. The molecule has 3 atom stereocenters. The molecule has 36 heavy (non-hydrogen) atoms. The fraction of sp³-hybridized carbons (Fsp3) is 0.581. The van der Waals surface area contributed by atoms with Crippen LogP contribution >= 0.6 is 0 Å². The Balaban J connectivity index is 1.19. The molecule has 0 amide bonds. The average molecular weight is 494 g/mol. The monoisotopic (exact) mass is 493 g/mol. The van der Waals surface area contributed by atoms with Crippen molar-refractivity contribution in [3.8, 4) is 5.75 Å². The first-order valence-corrected chi connectivity index (χ1v) is 13.9. The van der Waals surface area contributed by atoms with E-state index in [1.165, 1.54) is 25.0 Å². The Morgan fingerprint density at radius 3 is 2.39 bits per heavy atom. The van der Waals surface area contributed by atoms with Crippen LogP contribution in [0.1, 0.15) is 70.3 Å². The van der Waals surface area contributed by atoms with Gasteiger partial charge in [-0.1, -0.05) is 56.0 Å². The molecule has 2 aromatic carbocycles. The summed E-state index contributed by atoms with van der Waals surface area (Å²) in [5, 5.41) is 0. The zero-order valence-electron chi connectivity index (χ0n) is 21.6. The van der Waals surface area contributed by atoms with Gasteiger partial charge in [-0.05, 0) is 87.9 Å². The van der Waals surface area contributed by atoms with E-state index in [1.807, 2.05) is 6.07 Å². The standard InChI is InChI=1S/C31H40FNO3/c1-30(36-29(34)31(17-7-2-3-8-18-31)25-9-5-4-6-10-25)23-24-15-19-33(20-16-28(24)30)21-22-35-27-13-11-26(32)12-14-27/h4-6,9-14,24,28H,2-3,7-8,15-23H2,1H3/t24?,28?,30-/m0/s1. The molecule has 2 aliphatic carbocycles. The zero-order chi connectivity index (χ0) is 25.0. The first-order valence-electron chi connectivity index (χ1n) is 13.9. The van der Waals surface area contributed by atoms with Gasteiger partial charge in [-0.15, -0.1) is 0 Å². The third kappa shape index (κ3) is 5.32. The number of halogens is 1. The topological polar surface area (TPSA) is 38.8 Å². The predicted molar refractivity (Wildman–Crippen MR) is 139 cm³/mol. The van der Waals surface area contributed by atoms with Gasteiger partial charge < -0.3 is 9.47 Å². The molecule has 2 aromatic rings. The van der Waals surface area contributed by atoms with E-state index in [4.69, 9.17) is 9.47 Å². The van der Waals surface area contributed by atoms with Crippen LogP contribution in [-0.4, -0.2) is 42.7 Å². The van der Waals surface area contributed by atoms with Crippen LogP contribution in [0.25, 0.3) is 0 Å². The molecule has 1 aliphatic heterocycles. The number of rotatable bonds is 7. The lowest BCUT2D eigenvalue weighted by Gasteiger charge is -2.53. The van der Waals surface area contributed by atoms with Gasteiger partial charge >= 0.3 is 5.97 Å². The Morgan fingerprint density at radius 2 is 1.67 bits per heavy atom. The average Bonchev–Trinajstić information content (AvgIpc) is 3.24. The van der Waals surface area contributed by atoms with Gasteiger partial charge in [0.05, 0.1) is 5.41 Å². The quantitative estimate of drug-likeness (QED) is 0.325. The van der Waals surface area contributed by atoms with Crippen LogP contribution in [0.3, 0.4) is 0 Å². The van der Waals surface area contributed by atoms with E-state index in [2.05, 4.69) is 36.1 Å². The highest BCUT2D eigenvalue weighted by Gasteiger charge is 2.55. The molecule has 3 aliphatic rings. The summed E-state index contributed by atoms with van der Waals surface area (Å²) in [5.41, 5.74) is 0.265. The summed E-state index contributed by atoms with van der Waals surface area (Å²) >= 11 is 0. The summed E-state index contributed by atoms with van der Waals surface area (Å²) in [6.45, 7) is 5.66. The Hall–Kier alpha value is -2.40. The molecule has 4 nitrogen and oxygen atoms in total. The Morgan fingerprint density at radius 1 is 0.972 bits per heavy atom. The maximum atomic E-state index is 13.9. The highest BCUT2D eigenvalue weighted by atomic mass is 19.1. The second-order valence-corrected chi connectivity index (χ2v) is 11.4. The molecule has 0 spiro atoms. The van der Waals surface area contributed by atoms with Crippen molar-refractivity contribution in [2.24, 2.45) is 11.8 Å². The molecule has 0 aromatic heterocycles. The van der Waals surface area contributed by atoms with Crippen molar-refractivity contribution in [3.63, 3.8) is 0 Å². The molecule has 3 fully saturated rings. The van der Waals surface area contributed by atoms with E-state index in [9.17, 15) is 9.18 Å². The fourth-order valence-corrected chi connectivity index (χ4v) is 6.95. The summed E-state index contributed by atoms with van der Waals surface area (Å²) in [5.74, 6) is 1.50. The maximum absolute atomic E-state index is 13.9. The molecule has 0 N–H and O–H groups in total. The van der Waals surface area contributed by atoms with Gasteiger partial charge in [-0.2, -0.15) is 0 Å². The summed E-state index contributed by atoms with van der Waals surface area (Å²) < 4.78 is 25.4. The summed E-state index contributed by atoms with van der Waals surface area (Å²) in [6, 6.07) is 16.6. The molecular formula is C31H40FNO3. The van der Waals surface area contributed by atoms with E-state index in [-0.39, 0.29) is 17.4 Å². The number of benzene rings is 2. The minimum atomic E-state index is -0.500. The number of likely N-dealkylation sites (tertiary alicyclic amines) is 1. The van der Waals surface area contributed by atoms with E-state index >= 15 is 0 Å². The number of hydrogen-bond acceptors (Lipinski definition) is 4. The minimum absolute atomic E-state index is 0.00495. The number of hydrogen-bond donors (Lipinski definition) is 0. The number of ether oxygens (including phenoxy) is 2. The largest absolute Gasteiger partial charge is 0.492 e. The van der Waals surface area contributed by atoms with Crippen molar-refractivity contribution < 1.29 is 18.7 Å². The molecule has 194 valence electrons. The SMILES string of the molecule is C[C@]1(OC(=O)C2(c3ccccc3)CCCCCC2)CC2CCN(CCOc3ccc(F)cc3)CCC21. The number of fused-ring (bicyclic) bond motifs is 1. The molecular weight excluding hydrogens is 453 g/mol. The Kier molecular flexibility index (Phi) is 7.66. The number of nitrogens with zero attached hydrogens (tertiary/aromatic N) is 1. The second kappa shape index (κ2) is 10.9. The van der Waals surface area contributed by atoms with Crippen LogP contribution < -0.4 is 4.74 Å². The minimum Gasteiger partial charge on any atom is -0.492 e. The highest BCUT2D eigenvalue weighted by Crippen LogP contribution is 2.52. The van der Waals surface area contributed by atoms with Crippen molar-refractivity contribution >= 4 is 5.97 Å². The first kappa shape index (κ1) is 25.3. The molecule has 5 rings (SSSR count). The van der Waals surface area contributed by atoms with Crippen LogP contribution in [0.4, 0.5) is 4.39 Å². The fourth-order valence-electron chi connectivity index (χ4n) is 6.95. The van der Waals surface area contributed by atoms with Gasteiger partial charge in [0.15, 0.2) is 0 Å². The maximum Gasteiger partial charge on any atom is 0.317 e.